The molecular formula is C61H102O20. The van der Waals surface area contributed by atoms with Crippen molar-refractivity contribution < 1.29 is 95.3 Å². The summed E-state index contributed by atoms with van der Waals surface area (Å²) >= 11 is 0. The summed E-state index contributed by atoms with van der Waals surface area (Å²) in [5.74, 6) is -7.39. The number of hydrogen-bond donors (Lipinski definition) is 0. The quantitative estimate of drug-likeness (QED) is 0.0313. The minimum atomic E-state index is -1.97. The standard InChI is InChI=1S/C61H102O20/c1-11-13-15-17-18-19-20-21-22-23-24-27-31-35-39-51(70)80-52-49(40-71-50(69)38-34-30-28-25-26-29-33-37-41(3)36-32-16-14-12-2)79-61(60(78-48(10)68)53(52)72-42(4)62)81-59-57(76-46(8)66)55(74-44(6)64)54(73-43(5)63)56(75-45(7)65)58(59)77-47(9)67/h41,49,52-61H,11-40H2,1-10H3. The molecule has 2 fully saturated rings. The minimum Gasteiger partial charge on any atom is -0.463 e. The lowest BCUT2D eigenvalue weighted by Crippen LogP contribution is -2.70. The smallest absolute Gasteiger partial charge is 0.306 e. The van der Waals surface area contributed by atoms with Crippen LogP contribution in [0, 0.1) is 5.92 Å². The van der Waals surface area contributed by atoms with Crippen LogP contribution in [0.3, 0.4) is 0 Å². The van der Waals surface area contributed by atoms with Crippen LogP contribution in [-0.4, -0.2) is 128 Å². The molecule has 2 aliphatic rings. The van der Waals surface area contributed by atoms with Gasteiger partial charge >= 0.3 is 53.7 Å². The fraction of sp³-hybridized carbons (Fsp3) is 0.852. The van der Waals surface area contributed by atoms with Gasteiger partial charge in [-0.15, -0.1) is 0 Å². The molecule has 1 aliphatic heterocycles. The molecule has 20 nitrogen and oxygen atoms in total. The van der Waals surface area contributed by atoms with Crippen molar-refractivity contribution in [1.82, 2.24) is 0 Å². The molecular weight excluding hydrogens is 1050 g/mol. The predicted molar refractivity (Wildman–Crippen MR) is 298 cm³/mol. The van der Waals surface area contributed by atoms with E-state index in [1.54, 1.807) is 0 Å². The molecule has 81 heavy (non-hydrogen) atoms. The van der Waals surface area contributed by atoms with Crippen molar-refractivity contribution in [3.8, 4) is 0 Å². The second-order valence-electron chi connectivity index (χ2n) is 22.1. The second-order valence-corrected chi connectivity index (χ2v) is 22.1. The van der Waals surface area contributed by atoms with Crippen LogP contribution in [0.2, 0.25) is 0 Å². The van der Waals surface area contributed by atoms with E-state index < -0.39 is 128 Å². The molecule has 466 valence electrons. The Morgan fingerprint density at radius 3 is 0.975 bits per heavy atom. The van der Waals surface area contributed by atoms with Gasteiger partial charge in [0.05, 0.1) is 0 Å². The van der Waals surface area contributed by atoms with Gasteiger partial charge < -0.3 is 52.1 Å². The first-order valence-corrected chi connectivity index (χ1v) is 30.5. The molecule has 0 radical (unpaired) electrons. The summed E-state index contributed by atoms with van der Waals surface area (Å²) in [6.07, 6.45) is 10.2. The average Bonchev–Trinajstić information content (AvgIpc) is 3.59. The first-order chi connectivity index (χ1) is 38.7. The zero-order valence-electron chi connectivity index (χ0n) is 50.8. The van der Waals surface area contributed by atoms with Crippen molar-refractivity contribution in [2.45, 2.75) is 323 Å². The van der Waals surface area contributed by atoms with E-state index in [4.69, 9.17) is 52.1 Å². The third kappa shape index (κ3) is 30.9. The number of esters is 9. The van der Waals surface area contributed by atoms with E-state index in [0.717, 1.165) is 119 Å². The van der Waals surface area contributed by atoms with Crippen LogP contribution in [0.4, 0.5) is 0 Å². The highest BCUT2D eigenvalue weighted by Crippen LogP contribution is 2.38. The van der Waals surface area contributed by atoms with Crippen molar-refractivity contribution in [2.24, 2.45) is 5.92 Å². The van der Waals surface area contributed by atoms with Crippen LogP contribution in [0.1, 0.15) is 255 Å². The van der Waals surface area contributed by atoms with E-state index in [0.29, 0.717) is 12.8 Å². The molecule has 0 aromatic rings. The molecule has 1 saturated heterocycles. The van der Waals surface area contributed by atoms with E-state index in [-0.39, 0.29) is 12.8 Å². The lowest BCUT2D eigenvalue weighted by molar-refractivity contribution is -0.343. The molecule has 0 aromatic carbocycles. The molecule has 10 atom stereocenters. The maximum Gasteiger partial charge on any atom is 0.306 e. The summed E-state index contributed by atoms with van der Waals surface area (Å²) in [4.78, 5) is 117. The maximum absolute atomic E-state index is 13.8. The molecule has 2 rings (SSSR count). The van der Waals surface area contributed by atoms with Gasteiger partial charge in [0.1, 0.15) is 18.8 Å². The third-order valence-corrected chi connectivity index (χ3v) is 14.5. The zero-order valence-corrected chi connectivity index (χ0v) is 50.8. The first kappa shape index (κ1) is 72.3. The monoisotopic (exact) mass is 1150 g/mol. The summed E-state index contributed by atoms with van der Waals surface area (Å²) < 4.78 is 64.3. The summed E-state index contributed by atoms with van der Waals surface area (Å²) in [5, 5.41) is 0. The Morgan fingerprint density at radius 2 is 0.617 bits per heavy atom. The van der Waals surface area contributed by atoms with Crippen molar-refractivity contribution in [3.05, 3.63) is 0 Å². The molecule has 0 aromatic heterocycles. The summed E-state index contributed by atoms with van der Waals surface area (Å²) in [5.41, 5.74) is 0. The van der Waals surface area contributed by atoms with E-state index in [2.05, 4.69) is 20.8 Å². The lowest BCUT2D eigenvalue weighted by atomic mass is 9.83. The molecule has 20 heteroatoms. The van der Waals surface area contributed by atoms with E-state index >= 15 is 0 Å². The van der Waals surface area contributed by atoms with Gasteiger partial charge in [-0.25, -0.2) is 0 Å². The van der Waals surface area contributed by atoms with Crippen LogP contribution in [0.5, 0.6) is 0 Å². The molecule has 0 spiro atoms. The number of unbranched alkanes of at least 4 members (excludes halogenated alkanes) is 22. The minimum absolute atomic E-state index is 0.0426. The van der Waals surface area contributed by atoms with Gasteiger partial charge in [-0.05, 0) is 18.8 Å². The highest BCUT2D eigenvalue weighted by atomic mass is 16.8. The van der Waals surface area contributed by atoms with Crippen molar-refractivity contribution in [3.63, 3.8) is 0 Å². The van der Waals surface area contributed by atoms with Gasteiger partial charge in [-0.1, -0.05) is 181 Å². The van der Waals surface area contributed by atoms with Crippen molar-refractivity contribution in [2.75, 3.05) is 6.61 Å². The summed E-state index contributed by atoms with van der Waals surface area (Å²) in [6, 6.07) is 0. The molecule has 10 unspecified atom stereocenters. The van der Waals surface area contributed by atoms with Gasteiger partial charge in [0.2, 0.25) is 0 Å². The lowest BCUT2D eigenvalue weighted by Gasteiger charge is -2.50. The van der Waals surface area contributed by atoms with Crippen LogP contribution in [0.25, 0.3) is 0 Å². The van der Waals surface area contributed by atoms with Crippen LogP contribution in [-0.2, 0) is 95.3 Å². The average molecular weight is 1160 g/mol. The molecule has 0 N–H and O–H groups in total. The Morgan fingerprint density at radius 1 is 0.333 bits per heavy atom. The first-order valence-electron chi connectivity index (χ1n) is 30.5. The molecule has 0 amide bonds. The predicted octanol–water partition coefficient (Wildman–Crippen LogP) is 11.1. The fourth-order valence-electron chi connectivity index (χ4n) is 10.6. The highest BCUT2D eigenvalue weighted by molar-refractivity contribution is 5.72. The van der Waals surface area contributed by atoms with Gasteiger partial charge in [0, 0.05) is 61.3 Å². The van der Waals surface area contributed by atoms with Gasteiger partial charge in [-0.3, -0.25) is 43.2 Å². The molecule has 1 aliphatic carbocycles. The Balaban J connectivity index is 2.45. The zero-order chi connectivity index (χ0) is 60.1. The van der Waals surface area contributed by atoms with E-state index in [1.807, 2.05) is 0 Å². The summed E-state index contributed by atoms with van der Waals surface area (Å²) in [7, 11) is 0. The Hall–Kier alpha value is -4.85. The molecule has 1 saturated carbocycles. The van der Waals surface area contributed by atoms with E-state index in [9.17, 15) is 43.2 Å². The van der Waals surface area contributed by atoms with Crippen LogP contribution < -0.4 is 0 Å². The fourth-order valence-corrected chi connectivity index (χ4v) is 10.6. The number of carbonyl (C=O) groups excluding carboxylic acids is 9. The third-order valence-electron chi connectivity index (χ3n) is 14.5. The van der Waals surface area contributed by atoms with Gasteiger partial charge in [0.15, 0.2) is 55.1 Å². The van der Waals surface area contributed by atoms with Crippen LogP contribution in [0.15, 0.2) is 0 Å². The number of hydrogen-bond acceptors (Lipinski definition) is 20. The van der Waals surface area contributed by atoms with Gasteiger partial charge in [-0.2, -0.15) is 0 Å². The Labute approximate surface area is 482 Å². The largest absolute Gasteiger partial charge is 0.463 e. The van der Waals surface area contributed by atoms with Gasteiger partial charge in [0.25, 0.3) is 0 Å². The number of carbonyl (C=O) groups is 9. The topological polar surface area (TPSA) is 255 Å². The SMILES string of the molecule is CCCCCCCCCCCCCCCCC(=O)OC1C(COC(=O)CCCCCCCCCC(C)CCCCCC)OC(OC2C(OC(C)=O)C(OC(C)=O)C(OC(C)=O)C(OC(C)=O)C2OC(C)=O)C(OC(C)=O)C1OC(C)=O. The highest BCUT2D eigenvalue weighted by Gasteiger charge is 2.62. The Bertz CT molecular complexity index is 1830. The maximum atomic E-state index is 13.8. The number of rotatable bonds is 42. The van der Waals surface area contributed by atoms with Crippen molar-refractivity contribution >= 4 is 53.7 Å². The molecule has 1 heterocycles. The molecule has 0 bridgehead atoms. The number of ether oxygens (including phenoxy) is 11. The summed E-state index contributed by atoms with van der Waals surface area (Å²) in [6.45, 7) is 13.3. The second kappa shape index (κ2) is 42.0. The van der Waals surface area contributed by atoms with Crippen LogP contribution >= 0.6 is 0 Å². The van der Waals surface area contributed by atoms with Crippen molar-refractivity contribution in [1.29, 1.82) is 0 Å². The van der Waals surface area contributed by atoms with E-state index in [1.165, 1.54) is 96.3 Å². The normalized spacial score (nSPS) is 23.7. The Kier molecular flexibility index (Phi) is 37.5.